The number of hydrogen-bond acceptors (Lipinski definition) is 7. The zero-order valence-electron chi connectivity index (χ0n) is 16.4. The number of imide groups is 1. The second-order valence-corrected chi connectivity index (χ2v) is 7.26. The van der Waals surface area contributed by atoms with Gasteiger partial charge in [-0.1, -0.05) is 36.4 Å². The van der Waals surface area contributed by atoms with Crippen molar-refractivity contribution in [3.63, 3.8) is 0 Å². The number of amides is 2. The van der Waals surface area contributed by atoms with E-state index in [9.17, 15) is 24.3 Å². The number of carbonyl (C=O) groups excluding carboxylic acids is 3. The van der Waals surface area contributed by atoms with Crippen LogP contribution < -0.4 is 10.7 Å². The second-order valence-electron chi connectivity index (χ2n) is 7.26. The Balaban J connectivity index is 1.48. The molecule has 0 atom stereocenters. The fourth-order valence-electron chi connectivity index (χ4n) is 3.64. The monoisotopic (exact) mass is 425 g/mol. The highest BCUT2D eigenvalue weighted by Gasteiger charge is 2.36. The third-order valence-electron chi connectivity index (χ3n) is 5.28. The van der Waals surface area contributed by atoms with E-state index in [1.807, 2.05) is 0 Å². The normalized spacial score (nSPS) is 12.9. The lowest BCUT2D eigenvalue weighted by Crippen LogP contribution is -2.29. The topological polar surface area (TPSA) is 121 Å². The molecule has 1 aliphatic rings. The predicted octanol–water partition coefficient (Wildman–Crippen LogP) is 2.01. The highest BCUT2D eigenvalue weighted by atomic mass is 16.4. The maximum atomic E-state index is 12.9. The summed E-state index contributed by atoms with van der Waals surface area (Å²) in [4.78, 5) is 54.3. The van der Waals surface area contributed by atoms with E-state index >= 15 is 0 Å². The number of para-hydroxylation sites is 1. The van der Waals surface area contributed by atoms with Crippen molar-refractivity contribution in [2.45, 2.75) is 6.54 Å². The summed E-state index contributed by atoms with van der Waals surface area (Å²) in [7, 11) is 0. The van der Waals surface area contributed by atoms with Gasteiger partial charge in [-0.05, 0) is 41.5 Å². The molecule has 0 aliphatic carbocycles. The minimum atomic E-state index is -1.31. The summed E-state index contributed by atoms with van der Waals surface area (Å²) in [5, 5.41) is 11.2. The standard InChI is InChI=1S/C24H14N2O6/c27-21-16-10-9-15(20-25-19-4-2-1-3-17(19)24(31)32-20)11-18(16)22(28)26(21)12-13-5-7-14(8-6-13)23(29)30/h1-11H,12H2,(H,29,30)/p-1. The van der Waals surface area contributed by atoms with Gasteiger partial charge >= 0.3 is 5.63 Å². The zero-order chi connectivity index (χ0) is 22.4. The molecule has 0 bridgehead atoms. The Morgan fingerprint density at radius 2 is 1.62 bits per heavy atom. The number of nitrogens with zero attached hydrogens (tertiary/aromatic N) is 2. The molecule has 1 aliphatic heterocycles. The molecule has 0 N–H and O–H groups in total. The third kappa shape index (κ3) is 3.14. The van der Waals surface area contributed by atoms with Crippen molar-refractivity contribution in [3.05, 3.63) is 99.4 Å². The third-order valence-corrected chi connectivity index (χ3v) is 5.28. The van der Waals surface area contributed by atoms with Gasteiger partial charge in [0.05, 0.1) is 34.5 Å². The Kier molecular flexibility index (Phi) is 4.41. The lowest BCUT2D eigenvalue weighted by atomic mass is 10.1. The van der Waals surface area contributed by atoms with Crippen LogP contribution in [0.25, 0.3) is 22.4 Å². The number of carbonyl (C=O) groups is 3. The first kappa shape index (κ1) is 19.4. The van der Waals surface area contributed by atoms with E-state index in [1.165, 1.54) is 36.4 Å². The summed E-state index contributed by atoms with van der Waals surface area (Å²) >= 11 is 0. The van der Waals surface area contributed by atoms with Crippen molar-refractivity contribution in [1.82, 2.24) is 9.88 Å². The minimum absolute atomic E-state index is 0.00475. The first-order valence-corrected chi connectivity index (χ1v) is 9.63. The van der Waals surface area contributed by atoms with E-state index < -0.39 is 23.4 Å². The average molecular weight is 425 g/mol. The molecule has 32 heavy (non-hydrogen) atoms. The van der Waals surface area contributed by atoms with Crippen LogP contribution in [0.2, 0.25) is 0 Å². The number of hydrogen-bond donors (Lipinski definition) is 0. The van der Waals surface area contributed by atoms with Gasteiger partial charge in [-0.2, -0.15) is 0 Å². The largest absolute Gasteiger partial charge is 0.545 e. The molecule has 0 fully saturated rings. The molecule has 4 aromatic rings. The van der Waals surface area contributed by atoms with Crippen LogP contribution in [0.15, 0.2) is 75.9 Å². The molecule has 3 aromatic carbocycles. The second kappa shape index (κ2) is 7.28. The SMILES string of the molecule is O=C([O-])c1ccc(CN2C(=O)c3ccc(-c4nc5ccccc5c(=O)o4)cc3C2=O)cc1. The Morgan fingerprint density at radius 1 is 0.906 bits per heavy atom. The van der Waals surface area contributed by atoms with Crippen LogP contribution in [-0.4, -0.2) is 27.7 Å². The molecule has 0 saturated carbocycles. The summed E-state index contributed by atoms with van der Waals surface area (Å²) in [6, 6.07) is 17.1. The quantitative estimate of drug-likeness (QED) is 0.459. The predicted molar refractivity (Wildman–Crippen MR) is 111 cm³/mol. The Labute approximate surface area is 180 Å². The summed E-state index contributed by atoms with van der Waals surface area (Å²) in [5.41, 5.74) is 1.31. The van der Waals surface area contributed by atoms with Gasteiger partial charge in [-0.15, -0.1) is 0 Å². The van der Waals surface area contributed by atoms with Crippen LogP contribution in [0.3, 0.4) is 0 Å². The van der Waals surface area contributed by atoms with E-state index in [0.29, 0.717) is 22.0 Å². The van der Waals surface area contributed by atoms with Gasteiger partial charge in [0.2, 0.25) is 5.89 Å². The van der Waals surface area contributed by atoms with E-state index in [1.54, 1.807) is 30.3 Å². The number of carboxylic acid groups (broad SMARTS) is 1. The van der Waals surface area contributed by atoms with Crippen molar-refractivity contribution in [2.75, 3.05) is 0 Å². The molecule has 8 heteroatoms. The van der Waals surface area contributed by atoms with Crippen LogP contribution in [0.1, 0.15) is 36.6 Å². The maximum absolute atomic E-state index is 12.9. The maximum Gasteiger partial charge on any atom is 0.347 e. The van der Waals surface area contributed by atoms with Crippen LogP contribution in [-0.2, 0) is 6.54 Å². The number of aromatic carboxylic acids is 1. The molecular formula is C24H13N2O6-. The van der Waals surface area contributed by atoms with E-state index in [2.05, 4.69) is 4.98 Å². The summed E-state index contributed by atoms with van der Waals surface area (Å²) < 4.78 is 5.32. The lowest BCUT2D eigenvalue weighted by molar-refractivity contribution is -0.255. The molecule has 2 amide bonds. The van der Waals surface area contributed by atoms with Crippen molar-refractivity contribution in [3.8, 4) is 11.5 Å². The number of carboxylic acids is 1. The zero-order valence-corrected chi connectivity index (χ0v) is 16.4. The molecule has 156 valence electrons. The van der Waals surface area contributed by atoms with Gasteiger partial charge in [0.25, 0.3) is 11.8 Å². The molecule has 1 aromatic heterocycles. The summed E-state index contributed by atoms with van der Waals surface area (Å²) in [6.07, 6.45) is 0. The van der Waals surface area contributed by atoms with Gasteiger partial charge in [0.15, 0.2) is 0 Å². The van der Waals surface area contributed by atoms with Crippen molar-refractivity contribution in [1.29, 1.82) is 0 Å². The number of rotatable bonds is 4. The molecule has 2 heterocycles. The van der Waals surface area contributed by atoms with Gasteiger partial charge in [0.1, 0.15) is 0 Å². The summed E-state index contributed by atoms with van der Waals surface area (Å²) in [6.45, 7) is -0.0156. The smallest absolute Gasteiger partial charge is 0.347 e. The molecule has 0 spiro atoms. The van der Waals surface area contributed by atoms with Crippen LogP contribution in [0.4, 0.5) is 0 Å². The fraction of sp³-hybridized carbons (Fsp3) is 0.0417. The van der Waals surface area contributed by atoms with Crippen LogP contribution in [0.5, 0.6) is 0 Å². The molecule has 8 nitrogen and oxygen atoms in total. The highest BCUT2D eigenvalue weighted by Crippen LogP contribution is 2.29. The van der Waals surface area contributed by atoms with Crippen molar-refractivity contribution in [2.24, 2.45) is 0 Å². The molecular weight excluding hydrogens is 412 g/mol. The van der Waals surface area contributed by atoms with E-state index in [0.717, 1.165) is 4.90 Å². The number of fused-ring (bicyclic) bond motifs is 2. The molecule has 0 radical (unpaired) electrons. The first-order valence-electron chi connectivity index (χ1n) is 9.63. The Morgan fingerprint density at radius 3 is 2.38 bits per heavy atom. The molecule has 5 rings (SSSR count). The molecule has 0 unspecified atom stereocenters. The fourth-order valence-corrected chi connectivity index (χ4v) is 3.64. The minimum Gasteiger partial charge on any atom is -0.545 e. The van der Waals surface area contributed by atoms with Gasteiger partial charge < -0.3 is 14.3 Å². The number of aromatic nitrogens is 1. The van der Waals surface area contributed by atoms with Gasteiger partial charge in [0, 0.05) is 5.56 Å². The lowest BCUT2D eigenvalue weighted by Gasteiger charge is -2.14. The number of benzene rings is 3. The first-order chi connectivity index (χ1) is 15.4. The average Bonchev–Trinajstić information content (AvgIpc) is 3.03. The van der Waals surface area contributed by atoms with Gasteiger partial charge in [-0.3, -0.25) is 14.5 Å². The van der Waals surface area contributed by atoms with Crippen LogP contribution >= 0.6 is 0 Å². The van der Waals surface area contributed by atoms with Crippen molar-refractivity contribution >= 4 is 28.7 Å². The highest BCUT2D eigenvalue weighted by molar-refractivity contribution is 6.21. The van der Waals surface area contributed by atoms with Crippen LogP contribution in [0, 0.1) is 0 Å². The summed E-state index contributed by atoms with van der Waals surface area (Å²) in [5.74, 6) is -2.22. The molecule has 0 saturated heterocycles. The Bertz CT molecular complexity index is 1490. The van der Waals surface area contributed by atoms with Gasteiger partial charge in [-0.25, -0.2) is 9.78 Å². The van der Waals surface area contributed by atoms with Crippen molar-refractivity contribution < 1.29 is 23.9 Å². The van der Waals surface area contributed by atoms with E-state index in [-0.39, 0.29) is 29.1 Å². The van der Waals surface area contributed by atoms with E-state index in [4.69, 9.17) is 4.42 Å². The Hall–Kier alpha value is -4.59.